The van der Waals surface area contributed by atoms with Gasteiger partial charge in [0, 0.05) is 18.2 Å². The van der Waals surface area contributed by atoms with Gasteiger partial charge in [-0.05, 0) is 24.5 Å². The number of hydrogen-bond donors (Lipinski definition) is 2. The van der Waals surface area contributed by atoms with Crippen LogP contribution in [0.3, 0.4) is 0 Å². The van der Waals surface area contributed by atoms with Crippen LogP contribution in [-0.4, -0.2) is 18.0 Å². The lowest BCUT2D eigenvalue weighted by Gasteiger charge is -2.32. The molecule has 2 rings (SSSR count). The number of benzene rings is 1. The van der Waals surface area contributed by atoms with Gasteiger partial charge in [-0.15, -0.1) is 0 Å². The van der Waals surface area contributed by atoms with Crippen molar-refractivity contribution in [1.82, 2.24) is 5.32 Å². The molecule has 1 amide bonds. The highest BCUT2D eigenvalue weighted by molar-refractivity contribution is 5.91. The molecule has 3 nitrogen and oxygen atoms in total. The number of carbonyl (C=O) groups excluding carboxylic acids is 1. The van der Waals surface area contributed by atoms with E-state index in [0.717, 1.165) is 18.4 Å². The maximum absolute atomic E-state index is 11.5. The molecule has 0 radical (unpaired) electrons. The molecule has 1 saturated carbocycles. The summed E-state index contributed by atoms with van der Waals surface area (Å²) < 4.78 is 0. The highest BCUT2D eigenvalue weighted by Gasteiger charge is 2.26. The number of carbonyl (C=O) groups is 1. The fraction of sp³-hybridized carbons (Fsp3) is 0.308. The van der Waals surface area contributed by atoms with E-state index in [2.05, 4.69) is 5.32 Å². The molecule has 1 aliphatic carbocycles. The maximum atomic E-state index is 11.5. The molecule has 0 unspecified atom stereocenters. The molecule has 1 fully saturated rings. The number of rotatable bonds is 3. The molecular formula is C13H16N2O. The molecule has 0 aliphatic heterocycles. The summed E-state index contributed by atoms with van der Waals surface area (Å²) in [5.74, 6) is -0.0410. The zero-order valence-electron chi connectivity index (χ0n) is 9.10. The average Bonchev–Trinajstić information content (AvgIpc) is 2.26. The fourth-order valence-corrected chi connectivity index (χ4v) is 1.77. The van der Waals surface area contributed by atoms with Crippen molar-refractivity contribution in [2.75, 3.05) is 0 Å². The second kappa shape index (κ2) is 4.94. The Morgan fingerprint density at radius 1 is 1.31 bits per heavy atom. The van der Waals surface area contributed by atoms with Crippen molar-refractivity contribution in [3.8, 4) is 0 Å². The first-order valence-corrected chi connectivity index (χ1v) is 5.53. The van der Waals surface area contributed by atoms with Gasteiger partial charge in [0.1, 0.15) is 0 Å². The fourth-order valence-electron chi connectivity index (χ4n) is 1.77. The molecule has 1 aromatic carbocycles. The van der Waals surface area contributed by atoms with Crippen LogP contribution >= 0.6 is 0 Å². The Morgan fingerprint density at radius 3 is 2.62 bits per heavy atom. The van der Waals surface area contributed by atoms with E-state index in [-0.39, 0.29) is 18.0 Å². The van der Waals surface area contributed by atoms with Crippen LogP contribution in [0.2, 0.25) is 0 Å². The molecule has 84 valence electrons. The summed E-state index contributed by atoms with van der Waals surface area (Å²) in [6.07, 6.45) is 5.17. The van der Waals surface area contributed by atoms with E-state index in [4.69, 9.17) is 5.73 Å². The Kier molecular flexibility index (Phi) is 3.37. The summed E-state index contributed by atoms with van der Waals surface area (Å²) in [4.78, 5) is 11.5. The third-order valence-corrected chi connectivity index (χ3v) is 2.75. The number of amides is 1. The van der Waals surface area contributed by atoms with Gasteiger partial charge in [0.25, 0.3) is 0 Å². The summed E-state index contributed by atoms with van der Waals surface area (Å²) in [6, 6.07) is 10.3. The van der Waals surface area contributed by atoms with Gasteiger partial charge in [-0.3, -0.25) is 4.79 Å². The molecule has 16 heavy (non-hydrogen) atoms. The molecule has 0 spiro atoms. The molecule has 3 heteroatoms. The van der Waals surface area contributed by atoms with Crippen LogP contribution in [0.4, 0.5) is 0 Å². The van der Waals surface area contributed by atoms with E-state index >= 15 is 0 Å². The van der Waals surface area contributed by atoms with Gasteiger partial charge in [0.2, 0.25) is 5.91 Å². The zero-order valence-corrected chi connectivity index (χ0v) is 9.10. The highest BCUT2D eigenvalue weighted by Crippen LogP contribution is 2.17. The SMILES string of the molecule is NC1CC(NC(=O)/C=C/c2ccccc2)C1. The second-order valence-corrected chi connectivity index (χ2v) is 4.18. The van der Waals surface area contributed by atoms with E-state index in [0.29, 0.717) is 0 Å². The quantitative estimate of drug-likeness (QED) is 0.748. The summed E-state index contributed by atoms with van der Waals surface area (Å²) in [5, 5.41) is 2.91. The number of nitrogens with one attached hydrogen (secondary N) is 1. The van der Waals surface area contributed by atoms with E-state index in [1.165, 1.54) is 0 Å². The minimum absolute atomic E-state index is 0.0410. The van der Waals surface area contributed by atoms with Crippen molar-refractivity contribution in [2.45, 2.75) is 24.9 Å². The van der Waals surface area contributed by atoms with Crippen LogP contribution in [-0.2, 0) is 4.79 Å². The molecule has 0 bridgehead atoms. The third-order valence-electron chi connectivity index (χ3n) is 2.75. The lowest BCUT2D eigenvalue weighted by Crippen LogP contribution is -2.49. The van der Waals surface area contributed by atoms with Crippen LogP contribution in [0.5, 0.6) is 0 Å². The van der Waals surface area contributed by atoms with Gasteiger partial charge >= 0.3 is 0 Å². The third kappa shape index (κ3) is 2.94. The highest BCUT2D eigenvalue weighted by atomic mass is 16.1. The first-order chi connectivity index (χ1) is 7.74. The Balaban J connectivity index is 1.81. The van der Waals surface area contributed by atoms with Crippen molar-refractivity contribution in [1.29, 1.82) is 0 Å². The van der Waals surface area contributed by atoms with Gasteiger partial charge in [-0.1, -0.05) is 30.3 Å². The van der Waals surface area contributed by atoms with E-state index in [1.54, 1.807) is 6.08 Å². The Morgan fingerprint density at radius 2 is 2.00 bits per heavy atom. The van der Waals surface area contributed by atoms with Crippen molar-refractivity contribution >= 4 is 12.0 Å². The van der Waals surface area contributed by atoms with E-state index in [9.17, 15) is 4.79 Å². The molecule has 1 aliphatic rings. The van der Waals surface area contributed by atoms with Crippen LogP contribution in [0, 0.1) is 0 Å². The molecule has 0 aromatic heterocycles. The minimum atomic E-state index is -0.0410. The molecule has 0 heterocycles. The van der Waals surface area contributed by atoms with Crippen LogP contribution in [0.25, 0.3) is 6.08 Å². The topological polar surface area (TPSA) is 55.1 Å². The van der Waals surface area contributed by atoms with Crippen LogP contribution < -0.4 is 11.1 Å². The van der Waals surface area contributed by atoms with Crippen LogP contribution in [0.15, 0.2) is 36.4 Å². The van der Waals surface area contributed by atoms with Gasteiger partial charge in [0.05, 0.1) is 0 Å². The lowest BCUT2D eigenvalue weighted by atomic mass is 9.88. The first kappa shape index (κ1) is 10.9. The van der Waals surface area contributed by atoms with Gasteiger partial charge in [0.15, 0.2) is 0 Å². The molecule has 0 atom stereocenters. The summed E-state index contributed by atoms with van der Waals surface area (Å²) in [6.45, 7) is 0. The number of hydrogen-bond acceptors (Lipinski definition) is 2. The monoisotopic (exact) mass is 216 g/mol. The Hall–Kier alpha value is -1.61. The van der Waals surface area contributed by atoms with Crippen molar-refractivity contribution in [3.05, 3.63) is 42.0 Å². The van der Waals surface area contributed by atoms with Crippen molar-refractivity contribution < 1.29 is 4.79 Å². The lowest BCUT2D eigenvalue weighted by molar-refractivity contribution is -0.117. The predicted molar refractivity (Wildman–Crippen MR) is 64.6 cm³/mol. The van der Waals surface area contributed by atoms with E-state index < -0.39 is 0 Å². The predicted octanol–water partition coefficient (Wildman–Crippen LogP) is 1.31. The van der Waals surface area contributed by atoms with Gasteiger partial charge in [-0.2, -0.15) is 0 Å². The first-order valence-electron chi connectivity index (χ1n) is 5.53. The van der Waals surface area contributed by atoms with Crippen molar-refractivity contribution in [3.63, 3.8) is 0 Å². The molecule has 1 aromatic rings. The maximum Gasteiger partial charge on any atom is 0.244 e. The number of nitrogens with two attached hydrogens (primary N) is 1. The minimum Gasteiger partial charge on any atom is -0.350 e. The van der Waals surface area contributed by atoms with E-state index in [1.807, 2.05) is 36.4 Å². The second-order valence-electron chi connectivity index (χ2n) is 4.18. The summed E-state index contributed by atoms with van der Waals surface area (Å²) in [5.41, 5.74) is 6.67. The summed E-state index contributed by atoms with van der Waals surface area (Å²) in [7, 11) is 0. The van der Waals surface area contributed by atoms with Crippen LogP contribution in [0.1, 0.15) is 18.4 Å². The molecule has 0 saturated heterocycles. The normalized spacial score (nSPS) is 24.1. The Bertz CT molecular complexity index is 380. The molecule has 3 N–H and O–H groups in total. The van der Waals surface area contributed by atoms with Gasteiger partial charge in [-0.25, -0.2) is 0 Å². The van der Waals surface area contributed by atoms with Gasteiger partial charge < -0.3 is 11.1 Å². The standard InChI is InChI=1S/C13H16N2O/c14-11-8-12(9-11)15-13(16)7-6-10-4-2-1-3-5-10/h1-7,11-12H,8-9,14H2,(H,15,16)/b7-6+. The Labute approximate surface area is 95.3 Å². The molecular weight excluding hydrogens is 200 g/mol. The largest absolute Gasteiger partial charge is 0.350 e. The average molecular weight is 216 g/mol. The summed E-state index contributed by atoms with van der Waals surface area (Å²) >= 11 is 0. The smallest absolute Gasteiger partial charge is 0.244 e. The zero-order chi connectivity index (χ0) is 11.4. The van der Waals surface area contributed by atoms with Crippen molar-refractivity contribution in [2.24, 2.45) is 5.73 Å².